The van der Waals surface area contributed by atoms with Crippen LogP contribution >= 0.6 is 0 Å². The van der Waals surface area contributed by atoms with E-state index >= 15 is 0 Å². The summed E-state index contributed by atoms with van der Waals surface area (Å²) in [5, 5.41) is 11.3. The number of pyridine rings is 1. The molecule has 2 saturated heterocycles. The average Bonchev–Trinajstić information content (AvgIpc) is 3.52. The molecule has 1 aromatic carbocycles. The summed E-state index contributed by atoms with van der Waals surface area (Å²) in [6.45, 7) is 2.41. The molecule has 2 aromatic heterocycles. The van der Waals surface area contributed by atoms with Gasteiger partial charge in [0.2, 0.25) is 0 Å². The van der Waals surface area contributed by atoms with E-state index in [1.807, 2.05) is 41.6 Å². The lowest BCUT2D eigenvalue weighted by Gasteiger charge is -2.37. The fourth-order valence-electron chi connectivity index (χ4n) is 4.63. The third kappa shape index (κ3) is 3.69. The fraction of sp³-hybridized carbons (Fsp3) is 0.381. The fourth-order valence-corrected chi connectivity index (χ4v) is 4.63. The van der Waals surface area contributed by atoms with Gasteiger partial charge in [0.15, 0.2) is 0 Å². The van der Waals surface area contributed by atoms with E-state index in [1.165, 1.54) is 11.9 Å². The Morgan fingerprint density at radius 2 is 2.07 bits per heavy atom. The number of benzene rings is 1. The molecule has 2 fully saturated rings. The molecule has 3 unspecified atom stereocenters. The van der Waals surface area contributed by atoms with Gasteiger partial charge in [0.1, 0.15) is 6.33 Å². The van der Waals surface area contributed by atoms with E-state index < -0.39 is 0 Å². The number of hydrogen-bond donors (Lipinski definition) is 2. The van der Waals surface area contributed by atoms with Crippen LogP contribution in [0.15, 0.2) is 55.1 Å². The van der Waals surface area contributed by atoms with Crippen molar-refractivity contribution >= 4 is 5.91 Å². The molecule has 0 radical (unpaired) electrons. The zero-order chi connectivity index (χ0) is 20.3. The standard InChI is InChI=1S/C21H24N8O/c30-21(16-3-1-5-18(11-16)29-14-24-26-27-29)28-10-2-4-17(13-28)20-19(12-23-25-20)15-6-8-22-9-7-15/h1,3,5-9,11,14,17,19-20,23,25H,2,4,10,12-13H2. The molecule has 30 heavy (non-hydrogen) atoms. The number of nitrogens with one attached hydrogen (secondary N) is 2. The zero-order valence-corrected chi connectivity index (χ0v) is 16.6. The highest BCUT2D eigenvalue weighted by atomic mass is 16.2. The second-order valence-corrected chi connectivity index (χ2v) is 7.90. The lowest BCUT2D eigenvalue weighted by Crippen LogP contribution is -2.48. The predicted molar refractivity (Wildman–Crippen MR) is 110 cm³/mol. The molecule has 0 bridgehead atoms. The topological polar surface area (TPSA) is 101 Å². The quantitative estimate of drug-likeness (QED) is 0.673. The first-order valence-corrected chi connectivity index (χ1v) is 10.3. The summed E-state index contributed by atoms with van der Waals surface area (Å²) < 4.78 is 1.56. The molecular weight excluding hydrogens is 380 g/mol. The van der Waals surface area contributed by atoms with Gasteiger partial charge in [-0.2, -0.15) is 0 Å². The van der Waals surface area contributed by atoms with Crippen LogP contribution in [0.2, 0.25) is 0 Å². The van der Waals surface area contributed by atoms with Crippen molar-refractivity contribution < 1.29 is 4.79 Å². The number of carbonyl (C=O) groups is 1. The van der Waals surface area contributed by atoms with Crippen molar-refractivity contribution in [3.63, 3.8) is 0 Å². The van der Waals surface area contributed by atoms with Crippen molar-refractivity contribution in [3.05, 3.63) is 66.2 Å². The highest BCUT2D eigenvalue weighted by Crippen LogP contribution is 2.32. The van der Waals surface area contributed by atoms with E-state index in [2.05, 4.69) is 43.5 Å². The Balaban J connectivity index is 1.32. The lowest BCUT2D eigenvalue weighted by molar-refractivity contribution is 0.0644. The first-order chi connectivity index (χ1) is 14.8. The first kappa shape index (κ1) is 18.8. The van der Waals surface area contributed by atoms with E-state index in [9.17, 15) is 4.79 Å². The number of tetrazole rings is 1. The van der Waals surface area contributed by atoms with Crippen LogP contribution in [-0.4, -0.2) is 61.7 Å². The third-order valence-corrected chi connectivity index (χ3v) is 6.12. The van der Waals surface area contributed by atoms with E-state index in [0.29, 0.717) is 17.4 Å². The molecule has 3 atom stereocenters. The normalized spacial score (nSPS) is 24.1. The summed E-state index contributed by atoms with van der Waals surface area (Å²) in [6, 6.07) is 11.9. The SMILES string of the molecule is O=C(c1cccc(-n2cnnn2)c1)N1CCCC(C2NNCC2c2ccncc2)C1. The molecule has 0 saturated carbocycles. The van der Waals surface area contributed by atoms with Gasteiger partial charge in [-0.15, -0.1) is 5.10 Å². The number of hydrazine groups is 1. The van der Waals surface area contributed by atoms with Crippen LogP contribution in [0.3, 0.4) is 0 Å². The van der Waals surface area contributed by atoms with Crippen molar-refractivity contribution in [1.82, 2.24) is 40.9 Å². The minimum absolute atomic E-state index is 0.0565. The smallest absolute Gasteiger partial charge is 0.253 e. The number of carbonyl (C=O) groups excluding carboxylic acids is 1. The van der Waals surface area contributed by atoms with Crippen molar-refractivity contribution in [3.8, 4) is 5.69 Å². The zero-order valence-electron chi connectivity index (χ0n) is 16.6. The van der Waals surface area contributed by atoms with Crippen LogP contribution in [0.5, 0.6) is 0 Å². The molecule has 5 rings (SSSR count). The Morgan fingerprint density at radius 1 is 1.17 bits per heavy atom. The first-order valence-electron chi connectivity index (χ1n) is 10.3. The highest BCUT2D eigenvalue weighted by Gasteiger charge is 2.37. The van der Waals surface area contributed by atoms with Crippen LogP contribution in [0, 0.1) is 5.92 Å². The molecule has 0 aliphatic carbocycles. The number of amides is 1. The van der Waals surface area contributed by atoms with Crippen LogP contribution in [0.4, 0.5) is 0 Å². The summed E-state index contributed by atoms with van der Waals surface area (Å²) in [6.07, 6.45) is 7.33. The maximum absolute atomic E-state index is 13.3. The predicted octanol–water partition coefficient (Wildman–Crippen LogP) is 1.17. The van der Waals surface area contributed by atoms with Crippen LogP contribution in [-0.2, 0) is 0 Å². The van der Waals surface area contributed by atoms with Gasteiger partial charge in [-0.25, -0.2) is 4.68 Å². The molecule has 2 aliphatic rings. The minimum atomic E-state index is 0.0565. The molecule has 9 nitrogen and oxygen atoms in total. The number of likely N-dealkylation sites (tertiary alicyclic amines) is 1. The molecule has 2 aliphatic heterocycles. The molecule has 154 valence electrons. The summed E-state index contributed by atoms with van der Waals surface area (Å²) in [5.74, 6) is 0.816. The van der Waals surface area contributed by atoms with E-state index in [1.54, 1.807) is 4.68 Å². The molecular formula is C21H24N8O. The van der Waals surface area contributed by atoms with Crippen molar-refractivity contribution in [2.24, 2.45) is 5.92 Å². The Labute approximate surface area is 174 Å². The van der Waals surface area contributed by atoms with Gasteiger partial charge in [-0.3, -0.25) is 20.6 Å². The Hall–Kier alpha value is -3.17. The number of rotatable bonds is 4. The Morgan fingerprint density at radius 3 is 2.90 bits per heavy atom. The van der Waals surface area contributed by atoms with Crippen molar-refractivity contribution in [1.29, 1.82) is 0 Å². The number of piperidine rings is 1. The lowest BCUT2D eigenvalue weighted by atomic mass is 9.81. The maximum atomic E-state index is 13.3. The van der Waals surface area contributed by atoms with E-state index in [-0.39, 0.29) is 11.9 Å². The van der Waals surface area contributed by atoms with Gasteiger partial charge in [0, 0.05) is 49.6 Å². The summed E-state index contributed by atoms with van der Waals surface area (Å²) >= 11 is 0. The molecule has 1 amide bonds. The average molecular weight is 404 g/mol. The number of hydrogen-bond acceptors (Lipinski definition) is 7. The maximum Gasteiger partial charge on any atom is 0.253 e. The Kier molecular flexibility index (Phi) is 5.20. The summed E-state index contributed by atoms with van der Waals surface area (Å²) in [7, 11) is 0. The van der Waals surface area contributed by atoms with E-state index in [4.69, 9.17) is 0 Å². The van der Waals surface area contributed by atoms with Gasteiger partial charge in [-0.05, 0) is 65.1 Å². The van der Waals surface area contributed by atoms with E-state index in [0.717, 1.165) is 38.2 Å². The molecule has 3 aromatic rings. The van der Waals surface area contributed by atoms with Crippen LogP contribution in [0.25, 0.3) is 5.69 Å². The second kappa shape index (κ2) is 8.29. The van der Waals surface area contributed by atoms with Gasteiger partial charge in [-0.1, -0.05) is 6.07 Å². The van der Waals surface area contributed by atoms with Gasteiger partial charge in [0.25, 0.3) is 5.91 Å². The highest BCUT2D eigenvalue weighted by molar-refractivity contribution is 5.94. The number of nitrogens with zero attached hydrogens (tertiary/aromatic N) is 6. The monoisotopic (exact) mass is 404 g/mol. The number of aromatic nitrogens is 5. The van der Waals surface area contributed by atoms with Crippen LogP contribution < -0.4 is 10.9 Å². The minimum Gasteiger partial charge on any atom is -0.338 e. The molecule has 2 N–H and O–H groups in total. The van der Waals surface area contributed by atoms with Gasteiger partial charge >= 0.3 is 0 Å². The largest absolute Gasteiger partial charge is 0.338 e. The summed E-state index contributed by atoms with van der Waals surface area (Å²) in [5.41, 5.74) is 9.51. The third-order valence-electron chi connectivity index (χ3n) is 6.12. The van der Waals surface area contributed by atoms with Crippen molar-refractivity contribution in [2.45, 2.75) is 24.8 Å². The second-order valence-electron chi connectivity index (χ2n) is 7.90. The Bertz CT molecular complexity index is 993. The van der Waals surface area contributed by atoms with Gasteiger partial charge in [0.05, 0.1) is 5.69 Å². The molecule has 9 heteroatoms. The van der Waals surface area contributed by atoms with Gasteiger partial charge < -0.3 is 4.90 Å². The molecule has 0 spiro atoms. The summed E-state index contributed by atoms with van der Waals surface area (Å²) in [4.78, 5) is 19.4. The van der Waals surface area contributed by atoms with Crippen LogP contribution in [0.1, 0.15) is 34.7 Å². The molecule has 4 heterocycles. The van der Waals surface area contributed by atoms with Crippen molar-refractivity contribution in [2.75, 3.05) is 19.6 Å².